The highest BCUT2D eigenvalue weighted by Gasteiger charge is 2.23. The molecule has 132 valence electrons. The third kappa shape index (κ3) is 2.60. The highest BCUT2D eigenvalue weighted by atomic mass is 32.1. The Balaban J connectivity index is 1.52. The largest absolute Gasteiger partial charge is 0.333 e. The van der Waals surface area contributed by atoms with E-state index in [4.69, 9.17) is 4.52 Å². The van der Waals surface area contributed by atoms with Crippen LogP contribution in [0, 0.1) is 5.92 Å². The summed E-state index contributed by atoms with van der Waals surface area (Å²) in [6.45, 7) is 2.53. The van der Waals surface area contributed by atoms with Gasteiger partial charge in [0.2, 0.25) is 0 Å². The summed E-state index contributed by atoms with van der Waals surface area (Å²) in [4.78, 5) is 25.0. The van der Waals surface area contributed by atoms with Crippen LogP contribution in [0.15, 0.2) is 33.2 Å². The second-order valence-electron chi connectivity index (χ2n) is 6.70. The third-order valence-electron chi connectivity index (χ3n) is 4.79. The molecule has 8 heteroatoms. The fourth-order valence-corrected chi connectivity index (χ4v) is 5.44. The van der Waals surface area contributed by atoms with E-state index < -0.39 is 0 Å². The molecule has 0 fully saturated rings. The Labute approximate surface area is 157 Å². The summed E-state index contributed by atoms with van der Waals surface area (Å²) in [6, 6.07) is 3.87. The summed E-state index contributed by atoms with van der Waals surface area (Å²) in [5, 5.41) is 6.75. The molecule has 26 heavy (non-hydrogen) atoms. The highest BCUT2D eigenvalue weighted by molar-refractivity contribution is 7.18. The quantitative estimate of drug-likeness (QED) is 0.538. The van der Waals surface area contributed by atoms with Crippen molar-refractivity contribution in [2.75, 3.05) is 0 Å². The van der Waals surface area contributed by atoms with Crippen LogP contribution in [0.1, 0.15) is 29.6 Å². The Morgan fingerprint density at radius 1 is 1.42 bits per heavy atom. The molecule has 4 aromatic rings. The fourth-order valence-electron chi connectivity index (χ4n) is 3.45. The van der Waals surface area contributed by atoms with Gasteiger partial charge < -0.3 is 4.52 Å². The number of nitrogens with zero attached hydrogens (tertiary/aromatic N) is 4. The molecule has 0 aliphatic heterocycles. The van der Waals surface area contributed by atoms with E-state index in [2.05, 4.69) is 22.0 Å². The van der Waals surface area contributed by atoms with Gasteiger partial charge in [0.1, 0.15) is 4.83 Å². The van der Waals surface area contributed by atoms with Gasteiger partial charge in [-0.2, -0.15) is 4.98 Å². The van der Waals surface area contributed by atoms with Crippen molar-refractivity contribution >= 4 is 32.9 Å². The standard InChI is InChI=1S/C18H16N4O2S2/c1-10-4-5-11-13(7-10)26-17-15(11)18(23)22(9-19-17)8-14-20-16(24-21-14)12-3-2-6-25-12/h2-3,6,9-10H,4-5,7-8H2,1H3/t10-/m0/s1. The molecule has 0 amide bonds. The molecule has 0 N–H and O–H groups in total. The van der Waals surface area contributed by atoms with Crippen LogP contribution in [0.4, 0.5) is 0 Å². The van der Waals surface area contributed by atoms with Crippen molar-refractivity contribution in [1.29, 1.82) is 0 Å². The fraction of sp³-hybridized carbons (Fsp3) is 0.333. The summed E-state index contributed by atoms with van der Waals surface area (Å²) in [7, 11) is 0. The molecule has 0 unspecified atom stereocenters. The van der Waals surface area contributed by atoms with Gasteiger partial charge in [0, 0.05) is 4.88 Å². The average molecular weight is 384 g/mol. The van der Waals surface area contributed by atoms with E-state index in [0.29, 0.717) is 17.6 Å². The van der Waals surface area contributed by atoms with E-state index in [0.717, 1.165) is 34.4 Å². The van der Waals surface area contributed by atoms with Gasteiger partial charge in [-0.15, -0.1) is 22.7 Å². The Hall–Kier alpha value is -2.32. The van der Waals surface area contributed by atoms with Crippen molar-refractivity contribution in [3.63, 3.8) is 0 Å². The van der Waals surface area contributed by atoms with Gasteiger partial charge in [-0.25, -0.2) is 4.98 Å². The Bertz CT molecular complexity index is 1140. The van der Waals surface area contributed by atoms with Crippen molar-refractivity contribution in [1.82, 2.24) is 19.7 Å². The van der Waals surface area contributed by atoms with Crippen molar-refractivity contribution in [2.24, 2.45) is 5.92 Å². The minimum atomic E-state index is -0.00970. The molecule has 6 nitrogen and oxygen atoms in total. The van der Waals surface area contributed by atoms with Gasteiger partial charge in [-0.3, -0.25) is 9.36 Å². The van der Waals surface area contributed by atoms with Gasteiger partial charge in [0.15, 0.2) is 5.82 Å². The summed E-state index contributed by atoms with van der Waals surface area (Å²) in [6.07, 6.45) is 4.73. The number of hydrogen-bond acceptors (Lipinski definition) is 7. The van der Waals surface area contributed by atoms with E-state index in [1.807, 2.05) is 17.5 Å². The molecular weight excluding hydrogens is 368 g/mol. The van der Waals surface area contributed by atoms with Crippen molar-refractivity contribution in [3.05, 3.63) is 50.5 Å². The first kappa shape index (κ1) is 15.9. The van der Waals surface area contributed by atoms with Crippen LogP contribution in [-0.2, 0) is 19.4 Å². The Morgan fingerprint density at radius 3 is 3.19 bits per heavy atom. The van der Waals surface area contributed by atoms with Crippen LogP contribution < -0.4 is 5.56 Å². The second-order valence-corrected chi connectivity index (χ2v) is 8.73. The van der Waals surface area contributed by atoms with E-state index in [1.165, 1.54) is 10.4 Å². The minimum absolute atomic E-state index is 0.00970. The zero-order chi connectivity index (χ0) is 17.7. The number of thiophene rings is 2. The van der Waals surface area contributed by atoms with E-state index >= 15 is 0 Å². The highest BCUT2D eigenvalue weighted by Crippen LogP contribution is 2.35. The molecule has 4 heterocycles. The van der Waals surface area contributed by atoms with Gasteiger partial charge in [0.25, 0.3) is 11.4 Å². The van der Waals surface area contributed by atoms with Gasteiger partial charge in [-0.1, -0.05) is 18.1 Å². The SMILES string of the molecule is C[C@H]1CCc2c(sc3ncn(Cc4noc(-c5cccs5)n4)c(=O)c23)C1. The molecule has 0 spiro atoms. The lowest BCUT2D eigenvalue weighted by molar-refractivity contribution is 0.421. The molecule has 1 aliphatic rings. The second kappa shape index (κ2) is 6.14. The molecule has 4 aromatic heterocycles. The molecule has 0 saturated carbocycles. The van der Waals surface area contributed by atoms with Crippen molar-refractivity contribution < 1.29 is 4.52 Å². The summed E-state index contributed by atoms with van der Waals surface area (Å²) < 4.78 is 6.89. The molecular formula is C18H16N4O2S2. The Kier molecular flexibility index (Phi) is 3.75. The molecule has 0 bridgehead atoms. The monoisotopic (exact) mass is 384 g/mol. The zero-order valence-electron chi connectivity index (χ0n) is 14.1. The van der Waals surface area contributed by atoms with E-state index in [-0.39, 0.29) is 12.1 Å². The Morgan fingerprint density at radius 2 is 2.35 bits per heavy atom. The lowest BCUT2D eigenvalue weighted by Gasteiger charge is -2.17. The van der Waals surface area contributed by atoms with Crippen molar-refractivity contribution in [2.45, 2.75) is 32.7 Å². The van der Waals surface area contributed by atoms with Gasteiger partial charge in [0.05, 0.1) is 23.1 Å². The number of aromatic nitrogens is 4. The van der Waals surface area contributed by atoms with E-state index in [9.17, 15) is 4.79 Å². The number of rotatable bonds is 3. The predicted octanol–water partition coefficient (Wildman–Crippen LogP) is 3.74. The first-order valence-corrected chi connectivity index (χ1v) is 10.2. The van der Waals surface area contributed by atoms with Crippen LogP contribution >= 0.6 is 22.7 Å². The van der Waals surface area contributed by atoms with Gasteiger partial charge >= 0.3 is 0 Å². The smallest absolute Gasteiger partial charge is 0.268 e. The first-order valence-electron chi connectivity index (χ1n) is 8.55. The van der Waals surface area contributed by atoms with Crippen LogP contribution in [0.2, 0.25) is 0 Å². The van der Waals surface area contributed by atoms with Crippen molar-refractivity contribution in [3.8, 4) is 10.8 Å². The number of fused-ring (bicyclic) bond motifs is 3. The molecule has 0 radical (unpaired) electrons. The molecule has 1 aliphatic carbocycles. The summed E-state index contributed by atoms with van der Waals surface area (Å²) >= 11 is 3.20. The summed E-state index contributed by atoms with van der Waals surface area (Å²) in [5.74, 6) is 1.64. The maximum Gasteiger partial charge on any atom is 0.268 e. The molecule has 0 aromatic carbocycles. The zero-order valence-corrected chi connectivity index (χ0v) is 15.8. The van der Waals surface area contributed by atoms with Crippen LogP contribution in [0.25, 0.3) is 21.0 Å². The van der Waals surface area contributed by atoms with Crippen LogP contribution in [0.3, 0.4) is 0 Å². The maximum atomic E-state index is 13.0. The van der Waals surface area contributed by atoms with Crippen LogP contribution in [0.5, 0.6) is 0 Å². The predicted molar refractivity (Wildman–Crippen MR) is 102 cm³/mol. The third-order valence-corrected chi connectivity index (χ3v) is 6.81. The maximum absolute atomic E-state index is 13.0. The lowest BCUT2D eigenvalue weighted by atomic mass is 9.89. The molecule has 5 rings (SSSR count). The number of hydrogen-bond donors (Lipinski definition) is 0. The number of aryl methyl sites for hydroxylation is 1. The average Bonchev–Trinajstić information content (AvgIpc) is 3.35. The normalized spacial score (nSPS) is 16.9. The first-order chi connectivity index (χ1) is 12.7. The summed E-state index contributed by atoms with van der Waals surface area (Å²) in [5.41, 5.74) is 1.19. The molecule has 0 saturated heterocycles. The van der Waals surface area contributed by atoms with E-state index in [1.54, 1.807) is 33.6 Å². The van der Waals surface area contributed by atoms with Crippen LogP contribution in [-0.4, -0.2) is 19.7 Å². The van der Waals surface area contributed by atoms with Gasteiger partial charge in [-0.05, 0) is 42.2 Å². The lowest BCUT2D eigenvalue weighted by Crippen LogP contribution is -2.22. The minimum Gasteiger partial charge on any atom is -0.333 e. The topological polar surface area (TPSA) is 73.8 Å². The molecule has 1 atom stereocenters.